The molecule has 0 amide bonds. The van der Waals surface area contributed by atoms with Crippen LogP contribution in [-0.4, -0.2) is 51.0 Å². The van der Waals surface area contributed by atoms with Crippen molar-refractivity contribution < 1.29 is 9.47 Å². The summed E-state index contributed by atoms with van der Waals surface area (Å²) in [6, 6.07) is 0.462. The average Bonchev–Trinajstić information content (AvgIpc) is 2.60. The standard InChI is InChI=1S/C19H35N3O2/c1-4-20-18(21-10-7-14-8-12-23-13-9-14)22-16-15-6-5-11-24-17(15)19(16,2)3/h14-17H,4-13H2,1-3H3,(H2,20,21,22). The summed E-state index contributed by atoms with van der Waals surface area (Å²) in [6.45, 7) is 11.4. The molecule has 2 heterocycles. The first-order valence-corrected chi connectivity index (χ1v) is 9.87. The molecule has 138 valence electrons. The number of nitrogens with one attached hydrogen (secondary N) is 2. The average molecular weight is 338 g/mol. The van der Waals surface area contributed by atoms with Crippen LogP contribution in [0.1, 0.15) is 52.9 Å². The van der Waals surface area contributed by atoms with Crippen LogP contribution in [0.5, 0.6) is 0 Å². The summed E-state index contributed by atoms with van der Waals surface area (Å²) in [4.78, 5) is 4.85. The number of ether oxygens (including phenoxy) is 2. The predicted octanol–water partition coefficient (Wildman–Crippen LogP) is 2.56. The lowest BCUT2D eigenvalue weighted by molar-refractivity contribution is -0.188. The fraction of sp³-hybridized carbons (Fsp3) is 0.947. The quantitative estimate of drug-likeness (QED) is 0.598. The number of guanidine groups is 1. The van der Waals surface area contributed by atoms with Gasteiger partial charge in [-0.15, -0.1) is 0 Å². The summed E-state index contributed by atoms with van der Waals surface area (Å²) >= 11 is 0. The Bertz CT molecular complexity index is 432. The fourth-order valence-corrected chi connectivity index (χ4v) is 4.68. The number of fused-ring (bicyclic) bond motifs is 1. The SMILES string of the molecule is CCNC(=NCCC1CCOCC1)NC1C2CCCOC2C1(C)C. The van der Waals surface area contributed by atoms with Gasteiger partial charge in [-0.25, -0.2) is 0 Å². The van der Waals surface area contributed by atoms with Crippen LogP contribution in [0.4, 0.5) is 0 Å². The van der Waals surface area contributed by atoms with Crippen LogP contribution >= 0.6 is 0 Å². The zero-order valence-electron chi connectivity index (χ0n) is 15.6. The van der Waals surface area contributed by atoms with E-state index in [1.807, 2.05) is 0 Å². The molecule has 3 unspecified atom stereocenters. The molecule has 0 radical (unpaired) electrons. The maximum Gasteiger partial charge on any atom is 0.191 e. The Morgan fingerprint density at radius 2 is 1.96 bits per heavy atom. The van der Waals surface area contributed by atoms with Gasteiger partial charge in [-0.05, 0) is 44.9 Å². The van der Waals surface area contributed by atoms with Gasteiger partial charge in [0.2, 0.25) is 0 Å². The first-order valence-electron chi connectivity index (χ1n) is 9.87. The number of hydrogen-bond donors (Lipinski definition) is 2. The van der Waals surface area contributed by atoms with Crippen molar-refractivity contribution in [2.24, 2.45) is 22.2 Å². The molecule has 24 heavy (non-hydrogen) atoms. The monoisotopic (exact) mass is 337 g/mol. The molecule has 0 bridgehead atoms. The highest BCUT2D eigenvalue weighted by Crippen LogP contribution is 2.51. The molecule has 3 atom stereocenters. The molecular weight excluding hydrogens is 302 g/mol. The summed E-state index contributed by atoms with van der Waals surface area (Å²) in [7, 11) is 0. The van der Waals surface area contributed by atoms with Gasteiger partial charge in [-0.1, -0.05) is 13.8 Å². The van der Waals surface area contributed by atoms with E-state index in [1.165, 1.54) is 32.1 Å². The number of rotatable bonds is 5. The Hall–Kier alpha value is -0.810. The van der Waals surface area contributed by atoms with E-state index in [0.717, 1.165) is 44.8 Å². The molecule has 0 aromatic rings. The van der Waals surface area contributed by atoms with Crippen LogP contribution in [0, 0.1) is 17.3 Å². The molecule has 2 N–H and O–H groups in total. The first kappa shape index (κ1) is 18.0. The topological polar surface area (TPSA) is 54.9 Å². The Labute approximate surface area is 147 Å². The van der Waals surface area contributed by atoms with Gasteiger partial charge in [0.15, 0.2) is 5.96 Å². The third kappa shape index (κ3) is 3.88. The molecule has 2 aliphatic heterocycles. The molecule has 0 aromatic carbocycles. The van der Waals surface area contributed by atoms with Crippen molar-refractivity contribution in [3.63, 3.8) is 0 Å². The second-order valence-electron chi connectivity index (χ2n) is 8.15. The third-order valence-corrected chi connectivity index (χ3v) is 6.12. The van der Waals surface area contributed by atoms with E-state index in [9.17, 15) is 0 Å². The minimum absolute atomic E-state index is 0.183. The molecule has 0 spiro atoms. The van der Waals surface area contributed by atoms with Crippen LogP contribution in [0.2, 0.25) is 0 Å². The number of nitrogens with zero attached hydrogens (tertiary/aromatic N) is 1. The van der Waals surface area contributed by atoms with Crippen molar-refractivity contribution in [2.45, 2.75) is 65.0 Å². The highest BCUT2D eigenvalue weighted by Gasteiger charge is 2.58. The second kappa shape index (κ2) is 8.05. The number of hydrogen-bond acceptors (Lipinski definition) is 3. The normalized spacial score (nSPS) is 33.5. The largest absolute Gasteiger partial charge is 0.381 e. The molecule has 2 saturated heterocycles. The molecule has 1 saturated carbocycles. The molecule has 3 fully saturated rings. The zero-order valence-corrected chi connectivity index (χ0v) is 15.6. The first-order chi connectivity index (χ1) is 11.6. The zero-order chi connectivity index (χ0) is 17.0. The van der Waals surface area contributed by atoms with Gasteiger partial charge in [0, 0.05) is 50.3 Å². The molecular formula is C19H35N3O2. The van der Waals surface area contributed by atoms with E-state index in [-0.39, 0.29) is 5.41 Å². The molecule has 5 nitrogen and oxygen atoms in total. The van der Waals surface area contributed by atoms with Gasteiger partial charge >= 0.3 is 0 Å². The van der Waals surface area contributed by atoms with Crippen LogP contribution < -0.4 is 10.6 Å². The van der Waals surface area contributed by atoms with Gasteiger partial charge in [0.1, 0.15) is 0 Å². The molecule has 5 heteroatoms. The van der Waals surface area contributed by atoms with Crippen molar-refractivity contribution in [3.05, 3.63) is 0 Å². The van der Waals surface area contributed by atoms with Gasteiger partial charge in [0.25, 0.3) is 0 Å². The highest BCUT2D eigenvalue weighted by molar-refractivity contribution is 5.80. The smallest absolute Gasteiger partial charge is 0.191 e. The predicted molar refractivity (Wildman–Crippen MR) is 97.3 cm³/mol. The minimum atomic E-state index is 0.183. The molecule has 3 aliphatic rings. The van der Waals surface area contributed by atoms with Crippen molar-refractivity contribution >= 4 is 5.96 Å². The van der Waals surface area contributed by atoms with E-state index >= 15 is 0 Å². The summed E-state index contributed by atoms with van der Waals surface area (Å²) in [5.41, 5.74) is 0.183. The van der Waals surface area contributed by atoms with E-state index in [2.05, 4.69) is 31.4 Å². The van der Waals surface area contributed by atoms with Crippen molar-refractivity contribution in [1.29, 1.82) is 0 Å². The summed E-state index contributed by atoms with van der Waals surface area (Å²) in [5.74, 6) is 2.39. The molecule has 3 rings (SSSR count). The van der Waals surface area contributed by atoms with E-state index < -0.39 is 0 Å². The fourth-order valence-electron chi connectivity index (χ4n) is 4.68. The van der Waals surface area contributed by atoms with Gasteiger partial charge in [-0.3, -0.25) is 4.99 Å². The van der Waals surface area contributed by atoms with Crippen molar-refractivity contribution in [1.82, 2.24) is 10.6 Å². The van der Waals surface area contributed by atoms with Crippen molar-refractivity contribution in [3.8, 4) is 0 Å². The maximum absolute atomic E-state index is 6.01. The third-order valence-electron chi connectivity index (χ3n) is 6.12. The van der Waals surface area contributed by atoms with E-state index in [4.69, 9.17) is 14.5 Å². The van der Waals surface area contributed by atoms with E-state index in [1.54, 1.807) is 0 Å². The second-order valence-corrected chi connectivity index (χ2v) is 8.15. The summed E-state index contributed by atoms with van der Waals surface area (Å²) in [5, 5.41) is 7.14. The molecule has 0 aromatic heterocycles. The Morgan fingerprint density at radius 3 is 2.71 bits per heavy atom. The summed E-state index contributed by atoms with van der Waals surface area (Å²) < 4.78 is 11.5. The minimum Gasteiger partial charge on any atom is -0.381 e. The maximum atomic E-state index is 6.01. The Kier molecular flexibility index (Phi) is 6.03. The van der Waals surface area contributed by atoms with E-state index in [0.29, 0.717) is 18.1 Å². The van der Waals surface area contributed by atoms with Crippen LogP contribution in [0.3, 0.4) is 0 Å². The summed E-state index contributed by atoms with van der Waals surface area (Å²) in [6.07, 6.45) is 6.42. The van der Waals surface area contributed by atoms with Gasteiger partial charge in [-0.2, -0.15) is 0 Å². The Balaban J connectivity index is 1.53. The molecule has 1 aliphatic carbocycles. The van der Waals surface area contributed by atoms with Crippen LogP contribution in [-0.2, 0) is 9.47 Å². The lowest BCUT2D eigenvalue weighted by atomic mass is 9.55. The lowest BCUT2D eigenvalue weighted by Gasteiger charge is -2.60. The van der Waals surface area contributed by atoms with Crippen LogP contribution in [0.15, 0.2) is 4.99 Å². The van der Waals surface area contributed by atoms with Crippen molar-refractivity contribution in [2.75, 3.05) is 32.9 Å². The van der Waals surface area contributed by atoms with Gasteiger partial charge < -0.3 is 20.1 Å². The van der Waals surface area contributed by atoms with Gasteiger partial charge in [0.05, 0.1) is 6.10 Å². The lowest BCUT2D eigenvalue weighted by Crippen LogP contribution is -2.71. The highest BCUT2D eigenvalue weighted by atomic mass is 16.5. The Morgan fingerprint density at radius 1 is 1.17 bits per heavy atom. The number of aliphatic imine (C=N–C) groups is 1. The van der Waals surface area contributed by atoms with Crippen LogP contribution in [0.25, 0.3) is 0 Å².